The molecule has 142 valence electrons. The molecule has 27 heavy (non-hydrogen) atoms. The molecule has 0 spiro atoms. The van der Waals surface area contributed by atoms with Gasteiger partial charge in [0, 0.05) is 13.2 Å². The van der Waals surface area contributed by atoms with Crippen molar-refractivity contribution in [2.45, 2.75) is 38.5 Å². The van der Waals surface area contributed by atoms with Gasteiger partial charge in [-0.25, -0.2) is 4.98 Å². The first-order chi connectivity index (χ1) is 13.1. The zero-order chi connectivity index (χ0) is 18.8. The number of aromatic nitrogens is 4. The molecule has 0 aliphatic carbocycles. The van der Waals surface area contributed by atoms with Crippen LogP contribution < -0.4 is 5.32 Å². The highest BCUT2D eigenvalue weighted by atomic mass is 35.5. The van der Waals surface area contributed by atoms with Crippen molar-refractivity contribution >= 4 is 28.6 Å². The number of hydrogen-bond donors (Lipinski definition) is 2. The molecule has 1 unspecified atom stereocenters. The van der Waals surface area contributed by atoms with Crippen molar-refractivity contribution in [1.29, 1.82) is 0 Å². The molecule has 7 nitrogen and oxygen atoms in total. The summed E-state index contributed by atoms with van der Waals surface area (Å²) in [5, 5.41) is 12.8. The summed E-state index contributed by atoms with van der Waals surface area (Å²) in [5.74, 6) is 0.312. The van der Waals surface area contributed by atoms with Gasteiger partial charge in [-0.15, -0.1) is 0 Å². The Morgan fingerprint density at radius 2 is 2.19 bits per heavy atom. The summed E-state index contributed by atoms with van der Waals surface area (Å²) in [6.07, 6.45) is 4.62. The third kappa shape index (κ3) is 3.81. The zero-order valence-electron chi connectivity index (χ0n) is 14.5. The number of aromatic hydroxyl groups is 1. The van der Waals surface area contributed by atoms with E-state index in [-0.39, 0.29) is 17.0 Å². The van der Waals surface area contributed by atoms with E-state index in [4.69, 9.17) is 16.3 Å². The minimum Gasteiger partial charge on any atom is -0.506 e. The lowest BCUT2D eigenvalue weighted by Crippen LogP contribution is -2.12. The van der Waals surface area contributed by atoms with Crippen LogP contribution >= 0.6 is 11.6 Å². The van der Waals surface area contributed by atoms with E-state index >= 15 is 0 Å². The van der Waals surface area contributed by atoms with Crippen molar-refractivity contribution < 1.29 is 14.2 Å². The van der Waals surface area contributed by atoms with Crippen LogP contribution in [0.2, 0.25) is 5.02 Å². The number of imidazole rings is 1. The Labute approximate surface area is 160 Å². The van der Waals surface area contributed by atoms with E-state index in [1.165, 1.54) is 6.07 Å². The van der Waals surface area contributed by atoms with Gasteiger partial charge in [0.05, 0.1) is 11.3 Å². The first-order valence-electron chi connectivity index (χ1n) is 8.85. The van der Waals surface area contributed by atoms with Crippen LogP contribution in [0.5, 0.6) is 5.75 Å². The van der Waals surface area contributed by atoms with Crippen LogP contribution in [-0.2, 0) is 11.3 Å². The standard InChI is InChI=1S/C18H19ClFN5O2/c19-12-8-11(5-6-13(12)26)9-21-16-15-17(24-18(20)23-16)25(10-22-15)14-4-2-1-3-7-27-14/h5-6,8,10,14,26H,1-4,7,9H2,(H,21,23,24). The fourth-order valence-electron chi connectivity index (χ4n) is 3.19. The highest BCUT2D eigenvalue weighted by Crippen LogP contribution is 2.28. The van der Waals surface area contributed by atoms with Crippen LogP contribution in [0.15, 0.2) is 24.5 Å². The summed E-state index contributed by atoms with van der Waals surface area (Å²) in [4.78, 5) is 12.1. The third-order valence-corrected chi connectivity index (χ3v) is 4.88. The zero-order valence-corrected chi connectivity index (χ0v) is 15.3. The summed E-state index contributed by atoms with van der Waals surface area (Å²) in [7, 11) is 0. The highest BCUT2D eigenvalue weighted by molar-refractivity contribution is 6.32. The molecular weight excluding hydrogens is 373 g/mol. The average Bonchev–Trinajstić information content (AvgIpc) is 2.88. The number of benzene rings is 1. The number of phenols is 1. The molecule has 4 rings (SSSR count). The normalized spacial score (nSPS) is 17.8. The number of ether oxygens (including phenoxy) is 1. The minimum absolute atomic E-state index is 0.0121. The third-order valence-electron chi connectivity index (χ3n) is 4.58. The quantitative estimate of drug-likeness (QED) is 0.653. The smallest absolute Gasteiger partial charge is 0.312 e. The molecular formula is C18H19ClFN5O2. The Balaban J connectivity index is 1.62. The number of rotatable bonds is 4. The maximum Gasteiger partial charge on any atom is 0.312 e. The van der Waals surface area contributed by atoms with Gasteiger partial charge in [0.15, 0.2) is 17.0 Å². The Morgan fingerprint density at radius 1 is 1.30 bits per heavy atom. The van der Waals surface area contributed by atoms with Crippen molar-refractivity contribution in [3.05, 3.63) is 41.2 Å². The molecule has 1 fully saturated rings. The molecule has 0 amide bonds. The van der Waals surface area contributed by atoms with E-state index in [0.717, 1.165) is 31.2 Å². The number of halogens is 2. The number of hydrogen-bond acceptors (Lipinski definition) is 6. The number of nitrogens with one attached hydrogen (secondary N) is 1. The molecule has 1 aliphatic heterocycles. The second-order valence-corrected chi connectivity index (χ2v) is 6.89. The molecule has 0 bridgehead atoms. The van der Waals surface area contributed by atoms with Crippen LogP contribution in [0.3, 0.4) is 0 Å². The SMILES string of the molecule is Oc1ccc(CNc2nc(F)nc3c2ncn3C2CCCCCO2)cc1Cl. The fourth-order valence-corrected chi connectivity index (χ4v) is 3.39. The highest BCUT2D eigenvalue weighted by Gasteiger charge is 2.20. The first kappa shape index (κ1) is 17.9. The van der Waals surface area contributed by atoms with Gasteiger partial charge < -0.3 is 15.2 Å². The molecule has 9 heteroatoms. The van der Waals surface area contributed by atoms with Crippen LogP contribution in [0, 0.1) is 6.08 Å². The van der Waals surface area contributed by atoms with Gasteiger partial charge >= 0.3 is 6.08 Å². The molecule has 0 saturated carbocycles. The summed E-state index contributed by atoms with van der Waals surface area (Å²) in [6.45, 7) is 1.02. The topological polar surface area (TPSA) is 85.1 Å². The predicted molar refractivity (Wildman–Crippen MR) is 99.2 cm³/mol. The largest absolute Gasteiger partial charge is 0.506 e. The van der Waals surface area contributed by atoms with Gasteiger partial charge in [-0.3, -0.25) is 4.57 Å². The fraction of sp³-hybridized carbons (Fsp3) is 0.389. The van der Waals surface area contributed by atoms with Crippen molar-refractivity contribution in [1.82, 2.24) is 19.5 Å². The van der Waals surface area contributed by atoms with Crippen LogP contribution in [0.25, 0.3) is 11.2 Å². The molecule has 1 aliphatic rings. The second-order valence-electron chi connectivity index (χ2n) is 6.48. The molecule has 1 saturated heterocycles. The van der Waals surface area contributed by atoms with E-state index in [2.05, 4.69) is 20.3 Å². The molecule has 3 aromatic rings. The van der Waals surface area contributed by atoms with Crippen molar-refractivity contribution in [2.75, 3.05) is 11.9 Å². The van der Waals surface area contributed by atoms with E-state index in [9.17, 15) is 9.50 Å². The minimum atomic E-state index is -0.830. The second kappa shape index (κ2) is 7.66. The Kier molecular flexibility index (Phi) is 5.09. The summed E-state index contributed by atoms with van der Waals surface area (Å²) < 4.78 is 21.7. The average molecular weight is 392 g/mol. The summed E-state index contributed by atoms with van der Waals surface area (Å²) >= 11 is 5.93. The molecule has 2 N–H and O–H groups in total. The van der Waals surface area contributed by atoms with E-state index in [1.807, 2.05) is 0 Å². The Bertz CT molecular complexity index is 956. The number of phenolic OH excluding ortho intramolecular Hbond substituents is 1. The van der Waals surface area contributed by atoms with Crippen molar-refractivity contribution in [3.8, 4) is 5.75 Å². The summed E-state index contributed by atoms with van der Waals surface area (Å²) in [5.41, 5.74) is 1.70. The van der Waals surface area contributed by atoms with E-state index in [1.54, 1.807) is 23.0 Å². The number of nitrogens with zero attached hydrogens (tertiary/aromatic N) is 4. The van der Waals surface area contributed by atoms with Gasteiger partial charge in [-0.1, -0.05) is 24.1 Å². The molecule has 1 aromatic carbocycles. The molecule has 1 atom stereocenters. The lowest BCUT2D eigenvalue weighted by Gasteiger charge is -2.17. The van der Waals surface area contributed by atoms with Crippen LogP contribution in [0.1, 0.15) is 37.5 Å². The lowest BCUT2D eigenvalue weighted by atomic mass is 10.2. The molecule has 3 heterocycles. The van der Waals surface area contributed by atoms with Gasteiger partial charge in [0.25, 0.3) is 0 Å². The summed E-state index contributed by atoms with van der Waals surface area (Å²) in [6, 6.07) is 4.87. The number of anilines is 1. The van der Waals surface area contributed by atoms with Gasteiger partial charge in [0.1, 0.15) is 12.0 Å². The maximum absolute atomic E-state index is 14.0. The van der Waals surface area contributed by atoms with E-state index in [0.29, 0.717) is 30.1 Å². The van der Waals surface area contributed by atoms with Gasteiger partial charge in [-0.05, 0) is 37.0 Å². The van der Waals surface area contributed by atoms with Crippen molar-refractivity contribution in [2.24, 2.45) is 0 Å². The van der Waals surface area contributed by atoms with Crippen molar-refractivity contribution in [3.63, 3.8) is 0 Å². The maximum atomic E-state index is 14.0. The van der Waals surface area contributed by atoms with Crippen LogP contribution in [-0.4, -0.2) is 31.2 Å². The molecule has 2 aromatic heterocycles. The Morgan fingerprint density at radius 3 is 3.04 bits per heavy atom. The van der Waals surface area contributed by atoms with Gasteiger partial charge in [-0.2, -0.15) is 14.4 Å². The number of fused-ring (bicyclic) bond motifs is 1. The Hall–Kier alpha value is -2.45. The van der Waals surface area contributed by atoms with Crippen LogP contribution in [0.4, 0.5) is 10.2 Å². The lowest BCUT2D eigenvalue weighted by molar-refractivity contribution is 0.00928. The molecule has 0 radical (unpaired) electrons. The van der Waals surface area contributed by atoms with E-state index < -0.39 is 6.08 Å². The van der Waals surface area contributed by atoms with Gasteiger partial charge in [0.2, 0.25) is 0 Å². The first-order valence-corrected chi connectivity index (χ1v) is 9.22. The predicted octanol–water partition coefficient (Wildman–Crippen LogP) is 4.03. The monoisotopic (exact) mass is 391 g/mol.